The van der Waals surface area contributed by atoms with Crippen LogP contribution in [0.4, 0.5) is 5.82 Å². The number of amides is 1. The third-order valence-corrected chi connectivity index (χ3v) is 5.02. The van der Waals surface area contributed by atoms with E-state index in [4.69, 9.17) is 9.26 Å². The molecule has 0 bridgehead atoms. The summed E-state index contributed by atoms with van der Waals surface area (Å²) in [5.41, 5.74) is 2.43. The van der Waals surface area contributed by atoms with Gasteiger partial charge in [-0.15, -0.1) is 11.3 Å². The molecule has 0 atom stereocenters. The Bertz CT molecular complexity index is 1100. The van der Waals surface area contributed by atoms with Crippen molar-refractivity contribution >= 4 is 34.0 Å². The molecule has 1 aromatic carbocycles. The van der Waals surface area contributed by atoms with E-state index in [2.05, 4.69) is 38.2 Å². The van der Waals surface area contributed by atoms with Gasteiger partial charge in [-0.2, -0.15) is 0 Å². The molecule has 27 heavy (non-hydrogen) atoms. The molecule has 0 aliphatic carbocycles. The van der Waals surface area contributed by atoms with Crippen molar-refractivity contribution in [2.75, 3.05) is 19.0 Å². The number of carbonyl (C=O) groups excluding carboxylic acids is 1. The molecule has 0 aliphatic rings. The Morgan fingerprint density at radius 3 is 2.96 bits per heavy atom. The number of nitrogens with one attached hydrogen (secondary N) is 1. The zero-order valence-electron chi connectivity index (χ0n) is 14.9. The molecule has 0 aliphatic heterocycles. The fourth-order valence-electron chi connectivity index (χ4n) is 2.91. The number of carbonyl (C=O) groups is 1. The van der Waals surface area contributed by atoms with Gasteiger partial charge in [0.25, 0.3) is 5.91 Å². The second kappa shape index (κ2) is 7.34. The molecule has 0 radical (unpaired) electrons. The van der Waals surface area contributed by atoms with Gasteiger partial charge in [0.15, 0.2) is 5.82 Å². The van der Waals surface area contributed by atoms with Crippen molar-refractivity contribution in [3.05, 3.63) is 53.2 Å². The topological polar surface area (TPSA) is 82.2 Å². The number of nitrogens with zero attached hydrogens (tertiary/aromatic N) is 3. The van der Waals surface area contributed by atoms with E-state index < -0.39 is 0 Å². The second-order valence-corrected chi connectivity index (χ2v) is 6.91. The number of aryl methyl sites for hydroxylation is 1. The number of anilines is 1. The van der Waals surface area contributed by atoms with E-state index >= 15 is 0 Å². The molecule has 0 spiro atoms. The number of hydrogen-bond acceptors (Lipinski definition) is 6. The van der Waals surface area contributed by atoms with Crippen LogP contribution in [0, 0.1) is 6.92 Å². The van der Waals surface area contributed by atoms with Crippen LogP contribution in [-0.4, -0.2) is 34.3 Å². The minimum Gasteiger partial charge on any atom is -0.383 e. The molecule has 1 amide bonds. The first-order valence-corrected chi connectivity index (χ1v) is 9.31. The molecule has 8 heteroatoms. The summed E-state index contributed by atoms with van der Waals surface area (Å²) in [5.74, 6) is 0.693. The third-order valence-electron chi connectivity index (χ3n) is 4.16. The van der Waals surface area contributed by atoms with Crippen LogP contribution in [0.5, 0.6) is 0 Å². The highest BCUT2D eigenvalue weighted by Crippen LogP contribution is 2.30. The van der Waals surface area contributed by atoms with E-state index in [0.29, 0.717) is 30.4 Å². The van der Waals surface area contributed by atoms with Crippen LogP contribution < -0.4 is 5.32 Å². The van der Waals surface area contributed by atoms with Crippen LogP contribution in [-0.2, 0) is 11.3 Å². The number of ether oxygens (including phenoxy) is 1. The molecule has 0 fully saturated rings. The van der Waals surface area contributed by atoms with Gasteiger partial charge in [0.2, 0.25) is 0 Å². The summed E-state index contributed by atoms with van der Waals surface area (Å²) in [6, 6.07) is 11.9. The monoisotopic (exact) mass is 382 g/mol. The lowest BCUT2D eigenvalue weighted by molar-refractivity contribution is 0.102. The zero-order valence-corrected chi connectivity index (χ0v) is 15.7. The van der Waals surface area contributed by atoms with Gasteiger partial charge < -0.3 is 19.1 Å². The smallest absolute Gasteiger partial charge is 0.276 e. The summed E-state index contributed by atoms with van der Waals surface area (Å²) in [6.07, 6.45) is 0. The molecule has 0 unspecified atom stereocenters. The van der Waals surface area contributed by atoms with Crippen LogP contribution >= 0.6 is 11.3 Å². The largest absolute Gasteiger partial charge is 0.383 e. The fourth-order valence-corrected chi connectivity index (χ4v) is 3.74. The van der Waals surface area contributed by atoms with Crippen molar-refractivity contribution in [3.8, 4) is 10.7 Å². The van der Waals surface area contributed by atoms with Crippen molar-refractivity contribution in [1.82, 2.24) is 14.7 Å². The first-order chi connectivity index (χ1) is 13.2. The lowest BCUT2D eigenvalue weighted by atomic mass is 10.2. The highest BCUT2D eigenvalue weighted by molar-refractivity contribution is 7.13. The maximum atomic E-state index is 12.4. The molecule has 3 heterocycles. The molecule has 3 aromatic heterocycles. The summed E-state index contributed by atoms with van der Waals surface area (Å²) in [7, 11) is 1.68. The average Bonchev–Trinajstić information content (AvgIpc) is 3.38. The van der Waals surface area contributed by atoms with E-state index in [0.717, 1.165) is 21.6 Å². The predicted molar refractivity (Wildman–Crippen MR) is 104 cm³/mol. The molecule has 1 N–H and O–H groups in total. The zero-order chi connectivity index (χ0) is 18.8. The number of aromatic nitrogens is 3. The summed E-state index contributed by atoms with van der Waals surface area (Å²) in [5, 5.41) is 10.1. The minimum atomic E-state index is -0.314. The van der Waals surface area contributed by atoms with E-state index in [-0.39, 0.29) is 5.91 Å². The van der Waals surface area contributed by atoms with E-state index in [1.165, 1.54) is 11.3 Å². The Hall–Kier alpha value is -2.97. The van der Waals surface area contributed by atoms with Gasteiger partial charge in [0, 0.05) is 36.0 Å². The Kier molecular flexibility index (Phi) is 4.74. The van der Waals surface area contributed by atoms with Crippen LogP contribution in [0.15, 0.2) is 46.3 Å². The summed E-state index contributed by atoms with van der Waals surface area (Å²) < 4.78 is 12.4. The molecule has 0 saturated carbocycles. The lowest BCUT2D eigenvalue weighted by Gasteiger charge is -2.08. The van der Waals surface area contributed by atoms with E-state index in [1.807, 2.05) is 12.1 Å². The van der Waals surface area contributed by atoms with Gasteiger partial charge in [-0.05, 0) is 19.1 Å². The first kappa shape index (κ1) is 17.4. The maximum Gasteiger partial charge on any atom is 0.276 e. The van der Waals surface area contributed by atoms with E-state index in [1.54, 1.807) is 25.5 Å². The van der Waals surface area contributed by atoms with Gasteiger partial charge >= 0.3 is 0 Å². The summed E-state index contributed by atoms with van der Waals surface area (Å²) >= 11 is 1.43. The Balaban J connectivity index is 1.65. The number of hydrogen-bond donors (Lipinski definition) is 1. The Morgan fingerprint density at radius 2 is 2.19 bits per heavy atom. The van der Waals surface area contributed by atoms with Gasteiger partial charge in [-0.1, -0.05) is 23.4 Å². The summed E-state index contributed by atoms with van der Waals surface area (Å²) in [4.78, 5) is 17.0. The predicted octanol–water partition coefficient (Wildman–Crippen LogP) is 3.96. The highest BCUT2D eigenvalue weighted by atomic mass is 32.1. The van der Waals surface area contributed by atoms with Crippen molar-refractivity contribution in [1.29, 1.82) is 0 Å². The standard InChI is InChI=1S/C19H18N4O3S/c1-12-9-17(22-26-12)21-18(24)14-11-27-19(20-14)16-10-13-5-3-4-6-15(13)23(16)7-8-25-2/h3-6,9-11H,7-8H2,1-2H3,(H,21,22,24). The maximum absolute atomic E-state index is 12.4. The van der Waals surface area contributed by atoms with Gasteiger partial charge in [-0.25, -0.2) is 4.98 Å². The quantitative estimate of drug-likeness (QED) is 0.546. The van der Waals surface area contributed by atoms with Crippen molar-refractivity contribution in [3.63, 3.8) is 0 Å². The highest BCUT2D eigenvalue weighted by Gasteiger charge is 2.17. The van der Waals surface area contributed by atoms with E-state index in [9.17, 15) is 4.79 Å². The molecule has 0 saturated heterocycles. The van der Waals surface area contributed by atoms with Crippen molar-refractivity contribution in [2.45, 2.75) is 13.5 Å². The van der Waals surface area contributed by atoms with Crippen LogP contribution in [0.3, 0.4) is 0 Å². The fraction of sp³-hybridized carbons (Fsp3) is 0.211. The van der Waals surface area contributed by atoms with Crippen molar-refractivity contribution in [2.24, 2.45) is 0 Å². The SMILES string of the molecule is COCCn1c(-c2nc(C(=O)Nc3cc(C)on3)cs2)cc2ccccc21. The molecule has 4 rings (SSSR count). The Morgan fingerprint density at radius 1 is 1.33 bits per heavy atom. The molecule has 138 valence electrons. The summed E-state index contributed by atoms with van der Waals surface area (Å²) in [6.45, 7) is 3.07. The number of methoxy groups -OCH3 is 1. The van der Waals surface area contributed by atoms with Gasteiger partial charge in [-0.3, -0.25) is 4.79 Å². The molecular weight excluding hydrogens is 364 g/mol. The number of para-hydroxylation sites is 1. The third kappa shape index (κ3) is 3.49. The molecular formula is C19H18N4O3S. The van der Waals surface area contributed by atoms with Crippen LogP contribution in [0.1, 0.15) is 16.2 Å². The van der Waals surface area contributed by atoms with Gasteiger partial charge in [0.1, 0.15) is 16.5 Å². The number of thiazole rings is 1. The molecule has 4 aromatic rings. The average molecular weight is 382 g/mol. The normalized spacial score (nSPS) is 11.2. The Labute approximate surface area is 159 Å². The minimum absolute atomic E-state index is 0.314. The number of rotatable bonds is 6. The lowest BCUT2D eigenvalue weighted by Crippen LogP contribution is -2.12. The van der Waals surface area contributed by atoms with Gasteiger partial charge in [0.05, 0.1) is 12.3 Å². The van der Waals surface area contributed by atoms with Crippen LogP contribution in [0.25, 0.3) is 21.6 Å². The van der Waals surface area contributed by atoms with Crippen molar-refractivity contribution < 1.29 is 14.1 Å². The number of benzene rings is 1. The molecule has 7 nitrogen and oxygen atoms in total. The van der Waals surface area contributed by atoms with Crippen LogP contribution in [0.2, 0.25) is 0 Å². The number of fused-ring (bicyclic) bond motifs is 1. The first-order valence-electron chi connectivity index (χ1n) is 8.43. The second-order valence-electron chi connectivity index (χ2n) is 6.05.